The van der Waals surface area contributed by atoms with Crippen LogP contribution in [0.15, 0.2) is 24.3 Å². The van der Waals surface area contributed by atoms with Gasteiger partial charge in [-0.25, -0.2) is 0 Å². The van der Waals surface area contributed by atoms with Crippen molar-refractivity contribution in [2.24, 2.45) is 5.92 Å². The molecular weight excluding hydrogens is 334 g/mol. The summed E-state index contributed by atoms with van der Waals surface area (Å²) in [6, 6.07) is 7.32. The van der Waals surface area contributed by atoms with Crippen LogP contribution in [0.1, 0.15) is 12.8 Å². The fraction of sp³-hybridized carbons (Fsp3) is 0.579. The molecule has 0 atom stereocenters. The molecule has 0 saturated carbocycles. The van der Waals surface area contributed by atoms with Gasteiger partial charge in [-0.15, -0.1) is 0 Å². The largest absolute Gasteiger partial charge is 0.497 e. The number of amides is 2. The number of hydrogen-bond donors (Lipinski definition) is 1. The predicted molar refractivity (Wildman–Crippen MR) is 98.2 cm³/mol. The highest BCUT2D eigenvalue weighted by Gasteiger charge is 2.29. The molecule has 2 saturated heterocycles. The molecule has 7 nitrogen and oxygen atoms in total. The average Bonchev–Trinajstić information content (AvgIpc) is 2.69. The Bertz CT molecular complexity index is 623. The highest BCUT2D eigenvalue weighted by Crippen LogP contribution is 2.21. The normalized spacial score (nSPS) is 19.2. The van der Waals surface area contributed by atoms with E-state index in [-0.39, 0.29) is 17.7 Å². The van der Waals surface area contributed by atoms with Crippen LogP contribution >= 0.6 is 0 Å². The summed E-state index contributed by atoms with van der Waals surface area (Å²) in [4.78, 5) is 28.8. The van der Waals surface area contributed by atoms with Gasteiger partial charge in [0.05, 0.1) is 26.9 Å². The molecule has 2 fully saturated rings. The minimum absolute atomic E-state index is 0.0452. The molecule has 2 amide bonds. The Morgan fingerprint density at radius 1 is 1.19 bits per heavy atom. The molecule has 0 radical (unpaired) electrons. The molecule has 1 aromatic rings. The number of benzene rings is 1. The first-order valence-corrected chi connectivity index (χ1v) is 9.18. The molecule has 0 aromatic heterocycles. The number of likely N-dealkylation sites (tertiary alicyclic amines) is 1. The fourth-order valence-electron chi connectivity index (χ4n) is 3.48. The van der Waals surface area contributed by atoms with E-state index in [2.05, 4.69) is 10.2 Å². The summed E-state index contributed by atoms with van der Waals surface area (Å²) in [5.74, 6) is 0.987. The van der Waals surface area contributed by atoms with Crippen molar-refractivity contribution >= 4 is 17.5 Å². The quantitative estimate of drug-likeness (QED) is 0.853. The number of carbonyl (C=O) groups is 2. The molecule has 0 unspecified atom stereocenters. The smallest absolute Gasteiger partial charge is 0.238 e. The van der Waals surface area contributed by atoms with Crippen LogP contribution in [0.25, 0.3) is 0 Å². The highest BCUT2D eigenvalue weighted by molar-refractivity contribution is 5.92. The van der Waals surface area contributed by atoms with Gasteiger partial charge in [0.2, 0.25) is 11.8 Å². The molecule has 0 spiro atoms. The maximum atomic E-state index is 12.5. The Morgan fingerprint density at radius 3 is 2.62 bits per heavy atom. The third-order valence-corrected chi connectivity index (χ3v) is 4.98. The lowest BCUT2D eigenvalue weighted by atomic mass is 9.95. The van der Waals surface area contributed by atoms with Crippen molar-refractivity contribution in [3.05, 3.63) is 24.3 Å². The zero-order valence-corrected chi connectivity index (χ0v) is 15.3. The van der Waals surface area contributed by atoms with Crippen molar-refractivity contribution in [3.8, 4) is 5.75 Å². The second-order valence-electron chi connectivity index (χ2n) is 6.77. The number of morpholine rings is 1. The summed E-state index contributed by atoms with van der Waals surface area (Å²) in [6.45, 7) is 4.54. The van der Waals surface area contributed by atoms with Gasteiger partial charge >= 0.3 is 0 Å². The number of rotatable bonds is 5. The Hall–Kier alpha value is -2.12. The number of nitrogens with one attached hydrogen (secondary N) is 1. The first-order chi connectivity index (χ1) is 12.7. The summed E-state index contributed by atoms with van der Waals surface area (Å²) in [5, 5.41) is 2.90. The minimum Gasteiger partial charge on any atom is -0.497 e. The highest BCUT2D eigenvalue weighted by atomic mass is 16.5. The van der Waals surface area contributed by atoms with Gasteiger partial charge in [0.1, 0.15) is 5.75 Å². The molecule has 1 aromatic carbocycles. The zero-order valence-electron chi connectivity index (χ0n) is 15.3. The van der Waals surface area contributed by atoms with Crippen LogP contribution in [-0.4, -0.2) is 74.7 Å². The lowest BCUT2D eigenvalue weighted by Crippen LogP contribution is -2.47. The number of carbonyl (C=O) groups excluding carboxylic acids is 2. The first kappa shape index (κ1) is 18.7. The molecule has 7 heteroatoms. The van der Waals surface area contributed by atoms with Gasteiger partial charge in [0, 0.05) is 30.8 Å². The second-order valence-corrected chi connectivity index (χ2v) is 6.77. The maximum Gasteiger partial charge on any atom is 0.238 e. The third-order valence-electron chi connectivity index (χ3n) is 4.98. The van der Waals surface area contributed by atoms with Gasteiger partial charge < -0.3 is 19.7 Å². The maximum absolute atomic E-state index is 12.5. The lowest BCUT2D eigenvalue weighted by Gasteiger charge is -2.35. The predicted octanol–water partition coefficient (Wildman–Crippen LogP) is 1.20. The Labute approximate surface area is 154 Å². The van der Waals surface area contributed by atoms with Crippen molar-refractivity contribution in [3.63, 3.8) is 0 Å². The van der Waals surface area contributed by atoms with Crippen molar-refractivity contribution in [1.82, 2.24) is 9.80 Å². The van der Waals surface area contributed by atoms with Crippen LogP contribution in [0.3, 0.4) is 0 Å². The summed E-state index contributed by atoms with van der Waals surface area (Å²) < 4.78 is 10.5. The summed E-state index contributed by atoms with van der Waals surface area (Å²) >= 11 is 0. The number of methoxy groups -OCH3 is 1. The van der Waals surface area contributed by atoms with Gasteiger partial charge in [0.25, 0.3) is 0 Å². The first-order valence-electron chi connectivity index (χ1n) is 9.18. The molecule has 0 aliphatic carbocycles. The average molecular weight is 361 g/mol. The number of ether oxygens (including phenoxy) is 2. The number of anilines is 1. The molecule has 26 heavy (non-hydrogen) atoms. The lowest BCUT2D eigenvalue weighted by molar-refractivity contribution is -0.141. The van der Waals surface area contributed by atoms with E-state index in [9.17, 15) is 9.59 Å². The molecule has 3 rings (SSSR count). The van der Waals surface area contributed by atoms with Crippen molar-refractivity contribution in [1.29, 1.82) is 0 Å². The standard InChI is InChI=1S/C19H27N3O4/c1-25-17-4-2-3-16(13-17)20-18(23)14-21-7-5-15(6-8-21)19(24)22-9-11-26-12-10-22/h2-4,13,15H,5-12,14H2,1H3,(H,20,23). The molecule has 2 aliphatic heterocycles. The van der Waals surface area contributed by atoms with Crippen LogP contribution in [0.2, 0.25) is 0 Å². The summed E-state index contributed by atoms with van der Waals surface area (Å²) in [6.07, 6.45) is 1.62. The van der Waals surface area contributed by atoms with E-state index in [1.54, 1.807) is 13.2 Å². The molecule has 142 valence electrons. The van der Waals surface area contributed by atoms with E-state index in [0.717, 1.165) is 31.6 Å². The Balaban J connectivity index is 1.43. The van der Waals surface area contributed by atoms with Gasteiger partial charge in [-0.2, -0.15) is 0 Å². The van der Waals surface area contributed by atoms with Gasteiger partial charge in [-0.05, 0) is 38.1 Å². The van der Waals surface area contributed by atoms with Crippen LogP contribution < -0.4 is 10.1 Å². The third kappa shape index (κ3) is 4.95. The van der Waals surface area contributed by atoms with Crippen LogP contribution in [-0.2, 0) is 14.3 Å². The summed E-state index contributed by atoms with van der Waals surface area (Å²) in [5.41, 5.74) is 0.728. The Kier molecular flexibility index (Phi) is 6.46. The van der Waals surface area contributed by atoms with Crippen LogP contribution in [0, 0.1) is 5.92 Å². The molecule has 2 heterocycles. The number of piperidine rings is 1. The minimum atomic E-state index is -0.0452. The molecule has 0 bridgehead atoms. The van der Waals surface area contributed by atoms with Crippen molar-refractivity contribution in [2.75, 3.05) is 58.4 Å². The van der Waals surface area contributed by atoms with Crippen LogP contribution in [0.4, 0.5) is 5.69 Å². The number of hydrogen-bond acceptors (Lipinski definition) is 5. The number of nitrogens with zero attached hydrogens (tertiary/aromatic N) is 2. The van der Waals surface area contributed by atoms with Gasteiger partial charge in [-0.3, -0.25) is 14.5 Å². The van der Waals surface area contributed by atoms with E-state index in [0.29, 0.717) is 38.6 Å². The van der Waals surface area contributed by atoms with Crippen molar-refractivity contribution in [2.45, 2.75) is 12.8 Å². The zero-order chi connectivity index (χ0) is 18.4. The van der Waals surface area contributed by atoms with E-state index >= 15 is 0 Å². The second kappa shape index (κ2) is 9.00. The monoisotopic (exact) mass is 361 g/mol. The van der Waals surface area contributed by atoms with E-state index < -0.39 is 0 Å². The topological polar surface area (TPSA) is 71.1 Å². The Morgan fingerprint density at radius 2 is 1.92 bits per heavy atom. The molecule has 2 aliphatic rings. The fourth-order valence-corrected chi connectivity index (χ4v) is 3.48. The van der Waals surface area contributed by atoms with Crippen LogP contribution in [0.5, 0.6) is 5.75 Å². The summed E-state index contributed by atoms with van der Waals surface area (Å²) in [7, 11) is 1.60. The van der Waals surface area contributed by atoms with Crippen molar-refractivity contribution < 1.29 is 19.1 Å². The SMILES string of the molecule is COc1cccc(NC(=O)CN2CCC(C(=O)N3CCOCC3)CC2)c1. The molecule has 1 N–H and O–H groups in total. The van der Waals surface area contributed by atoms with E-state index in [1.165, 1.54) is 0 Å². The molecular formula is C19H27N3O4. The van der Waals surface area contributed by atoms with E-state index in [4.69, 9.17) is 9.47 Å². The van der Waals surface area contributed by atoms with Gasteiger partial charge in [0.15, 0.2) is 0 Å². The van der Waals surface area contributed by atoms with Gasteiger partial charge in [-0.1, -0.05) is 6.07 Å². The van der Waals surface area contributed by atoms with E-state index in [1.807, 2.05) is 23.1 Å².